The molecule has 0 amide bonds. The van der Waals surface area contributed by atoms with Gasteiger partial charge in [0.1, 0.15) is 0 Å². The van der Waals surface area contributed by atoms with Crippen molar-refractivity contribution in [2.24, 2.45) is 13.0 Å². The highest BCUT2D eigenvalue weighted by Gasteiger charge is 2.26. The minimum Gasteiger partial charge on any atom is -0.390 e. The molecule has 4 nitrogen and oxygen atoms in total. The minimum atomic E-state index is -0.698. The van der Waals surface area contributed by atoms with Crippen LogP contribution in [0.1, 0.15) is 26.5 Å². The molecule has 0 spiro atoms. The second kappa shape index (κ2) is 3.46. The summed E-state index contributed by atoms with van der Waals surface area (Å²) in [6.45, 7) is 5.82. The summed E-state index contributed by atoms with van der Waals surface area (Å²) in [5.74, 6) is 0.217. The normalized spacial score (nSPS) is 16.2. The zero-order valence-electron chi connectivity index (χ0n) is 8.65. The van der Waals surface area contributed by atoms with Crippen molar-refractivity contribution in [1.82, 2.24) is 15.0 Å². The lowest BCUT2D eigenvalue weighted by molar-refractivity contribution is 0.0130. The van der Waals surface area contributed by atoms with Crippen molar-refractivity contribution >= 4 is 0 Å². The van der Waals surface area contributed by atoms with E-state index in [1.54, 1.807) is 13.2 Å². The summed E-state index contributed by atoms with van der Waals surface area (Å²) < 4.78 is 0. The van der Waals surface area contributed by atoms with Crippen LogP contribution in [0.2, 0.25) is 0 Å². The number of aryl methyl sites for hydroxylation is 1. The molecule has 0 fully saturated rings. The quantitative estimate of drug-likeness (QED) is 0.752. The van der Waals surface area contributed by atoms with Crippen molar-refractivity contribution in [1.29, 1.82) is 0 Å². The second-order valence-electron chi connectivity index (χ2n) is 4.01. The maximum atomic E-state index is 9.98. The molecule has 0 aliphatic carbocycles. The smallest absolute Gasteiger partial charge is 0.0855 e. The van der Waals surface area contributed by atoms with Crippen LogP contribution in [-0.4, -0.2) is 25.7 Å². The molecular weight excluding hydrogens is 166 g/mol. The van der Waals surface area contributed by atoms with Crippen molar-refractivity contribution < 1.29 is 5.11 Å². The first-order valence-electron chi connectivity index (χ1n) is 4.49. The molecule has 1 N–H and O–H groups in total. The number of hydrogen-bond acceptors (Lipinski definition) is 3. The van der Waals surface area contributed by atoms with Gasteiger partial charge < -0.3 is 5.11 Å². The third-order valence-electron chi connectivity index (χ3n) is 2.43. The molecule has 1 aromatic heterocycles. The van der Waals surface area contributed by atoms with Gasteiger partial charge in [0, 0.05) is 13.5 Å². The molecule has 74 valence electrons. The molecule has 0 aliphatic heterocycles. The van der Waals surface area contributed by atoms with Gasteiger partial charge in [0.25, 0.3) is 0 Å². The van der Waals surface area contributed by atoms with E-state index in [9.17, 15) is 5.11 Å². The molecule has 1 rings (SSSR count). The molecule has 0 saturated carbocycles. The lowest BCUT2D eigenvalue weighted by atomic mass is 9.88. The summed E-state index contributed by atoms with van der Waals surface area (Å²) in [5.41, 5.74) is 0.136. The van der Waals surface area contributed by atoms with E-state index in [1.165, 1.54) is 4.80 Å². The summed E-state index contributed by atoms with van der Waals surface area (Å²) in [5, 5.41) is 18.1. The van der Waals surface area contributed by atoms with Gasteiger partial charge in [0.15, 0.2) is 0 Å². The fourth-order valence-electron chi connectivity index (χ4n) is 1.04. The second-order valence-corrected chi connectivity index (χ2v) is 4.01. The van der Waals surface area contributed by atoms with Crippen LogP contribution in [0.25, 0.3) is 0 Å². The Bertz CT molecular complexity index is 278. The van der Waals surface area contributed by atoms with E-state index in [0.717, 1.165) is 5.69 Å². The van der Waals surface area contributed by atoms with Crippen LogP contribution in [-0.2, 0) is 13.5 Å². The Morgan fingerprint density at radius 1 is 1.62 bits per heavy atom. The van der Waals surface area contributed by atoms with Gasteiger partial charge in [-0.25, -0.2) is 0 Å². The highest BCUT2D eigenvalue weighted by atomic mass is 16.3. The van der Waals surface area contributed by atoms with Gasteiger partial charge in [-0.05, 0) is 12.8 Å². The van der Waals surface area contributed by atoms with E-state index in [4.69, 9.17) is 0 Å². The van der Waals surface area contributed by atoms with E-state index in [1.807, 2.05) is 20.8 Å². The monoisotopic (exact) mass is 183 g/mol. The molecule has 0 aliphatic rings. The van der Waals surface area contributed by atoms with Gasteiger partial charge in [-0.2, -0.15) is 15.0 Å². The van der Waals surface area contributed by atoms with Crippen molar-refractivity contribution in [3.05, 3.63) is 11.9 Å². The summed E-state index contributed by atoms with van der Waals surface area (Å²) >= 11 is 0. The van der Waals surface area contributed by atoms with Crippen LogP contribution in [0.5, 0.6) is 0 Å². The summed E-state index contributed by atoms with van der Waals surface area (Å²) in [4.78, 5) is 1.51. The van der Waals surface area contributed by atoms with Gasteiger partial charge in [-0.1, -0.05) is 13.8 Å². The highest BCUT2D eigenvalue weighted by Crippen LogP contribution is 2.20. The van der Waals surface area contributed by atoms with Gasteiger partial charge in [0.2, 0.25) is 0 Å². The van der Waals surface area contributed by atoms with E-state index in [2.05, 4.69) is 10.2 Å². The predicted molar refractivity (Wildman–Crippen MR) is 50.2 cm³/mol. The standard InChI is InChI=1S/C9H17N3O/c1-7(2)9(3,13)5-8-6-10-12(4)11-8/h6-7,13H,5H2,1-4H3. The Labute approximate surface area is 78.6 Å². The Morgan fingerprint density at radius 2 is 2.23 bits per heavy atom. The van der Waals surface area contributed by atoms with Gasteiger partial charge in [-0.15, -0.1) is 0 Å². The first-order chi connectivity index (χ1) is 5.92. The molecule has 0 saturated heterocycles. The van der Waals surface area contributed by atoms with Crippen LogP contribution in [0.3, 0.4) is 0 Å². The topological polar surface area (TPSA) is 50.9 Å². The van der Waals surface area contributed by atoms with Crippen LogP contribution in [0.15, 0.2) is 6.20 Å². The fourth-order valence-corrected chi connectivity index (χ4v) is 1.04. The Kier molecular flexibility index (Phi) is 2.71. The first kappa shape index (κ1) is 10.2. The number of nitrogens with zero attached hydrogens (tertiary/aromatic N) is 3. The first-order valence-corrected chi connectivity index (χ1v) is 4.49. The summed E-state index contributed by atoms with van der Waals surface area (Å²) in [7, 11) is 1.77. The van der Waals surface area contributed by atoms with Crippen LogP contribution in [0, 0.1) is 5.92 Å². The van der Waals surface area contributed by atoms with Crippen molar-refractivity contribution in [2.45, 2.75) is 32.8 Å². The van der Waals surface area contributed by atoms with Crippen LogP contribution < -0.4 is 0 Å². The molecule has 4 heteroatoms. The third kappa shape index (κ3) is 2.52. The molecule has 13 heavy (non-hydrogen) atoms. The highest BCUT2D eigenvalue weighted by molar-refractivity contribution is 4.98. The minimum absolute atomic E-state index is 0.217. The average molecular weight is 183 g/mol. The molecule has 1 unspecified atom stereocenters. The SMILES string of the molecule is CC(C)C(C)(O)Cc1cnn(C)n1. The zero-order valence-corrected chi connectivity index (χ0v) is 8.65. The Morgan fingerprint density at radius 3 is 2.62 bits per heavy atom. The van der Waals surface area contributed by atoms with E-state index >= 15 is 0 Å². The van der Waals surface area contributed by atoms with Crippen LogP contribution >= 0.6 is 0 Å². The number of aliphatic hydroxyl groups is 1. The molecule has 1 atom stereocenters. The lowest BCUT2D eigenvalue weighted by Crippen LogP contribution is -2.33. The zero-order chi connectivity index (χ0) is 10.1. The molecule has 0 aromatic carbocycles. The summed E-state index contributed by atoms with van der Waals surface area (Å²) in [6, 6.07) is 0. The maximum absolute atomic E-state index is 9.98. The van der Waals surface area contributed by atoms with Crippen molar-refractivity contribution in [3.8, 4) is 0 Å². The number of aromatic nitrogens is 3. The third-order valence-corrected chi connectivity index (χ3v) is 2.43. The number of hydrogen-bond donors (Lipinski definition) is 1. The van der Waals surface area contributed by atoms with Crippen molar-refractivity contribution in [3.63, 3.8) is 0 Å². The van der Waals surface area contributed by atoms with E-state index in [0.29, 0.717) is 6.42 Å². The largest absolute Gasteiger partial charge is 0.390 e. The predicted octanol–water partition coefficient (Wildman–Crippen LogP) is 0.765. The molecule has 1 aromatic rings. The van der Waals surface area contributed by atoms with E-state index < -0.39 is 5.60 Å². The molecule has 0 bridgehead atoms. The Hall–Kier alpha value is -0.900. The van der Waals surface area contributed by atoms with Gasteiger partial charge in [0.05, 0.1) is 17.5 Å². The molecule has 1 heterocycles. The molecule has 0 radical (unpaired) electrons. The van der Waals surface area contributed by atoms with Gasteiger partial charge >= 0.3 is 0 Å². The van der Waals surface area contributed by atoms with Gasteiger partial charge in [-0.3, -0.25) is 0 Å². The summed E-state index contributed by atoms with van der Waals surface area (Å²) in [6.07, 6.45) is 2.25. The molecular formula is C9H17N3O. The fraction of sp³-hybridized carbons (Fsp3) is 0.778. The average Bonchev–Trinajstić information content (AvgIpc) is 2.34. The van der Waals surface area contributed by atoms with E-state index in [-0.39, 0.29) is 5.92 Å². The Balaban J connectivity index is 2.68. The maximum Gasteiger partial charge on any atom is 0.0855 e. The number of rotatable bonds is 3. The lowest BCUT2D eigenvalue weighted by Gasteiger charge is -2.26. The van der Waals surface area contributed by atoms with Crippen molar-refractivity contribution in [2.75, 3.05) is 0 Å². The van der Waals surface area contributed by atoms with Crippen LogP contribution in [0.4, 0.5) is 0 Å².